The highest BCUT2D eigenvalue weighted by Crippen LogP contribution is 2.40. The van der Waals surface area contributed by atoms with E-state index in [1.165, 1.54) is 0 Å². The maximum atomic E-state index is 11.8. The number of carbonyl (C=O) groups excluding carboxylic acids is 1. The fourth-order valence-corrected chi connectivity index (χ4v) is 3.92. The van der Waals surface area contributed by atoms with Crippen molar-refractivity contribution in [2.75, 3.05) is 12.4 Å². The Morgan fingerprint density at radius 3 is 2.56 bits per heavy atom. The minimum atomic E-state index is -0.252. The Hall–Kier alpha value is -3.78. The molecule has 0 saturated carbocycles. The molecule has 0 aliphatic rings. The third-order valence-corrected chi connectivity index (χ3v) is 5.79. The molecule has 0 unspecified atom stereocenters. The zero-order valence-electron chi connectivity index (χ0n) is 18.0. The van der Waals surface area contributed by atoms with Gasteiger partial charge < -0.3 is 15.4 Å². The van der Waals surface area contributed by atoms with Crippen molar-refractivity contribution in [3.8, 4) is 22.1 Å². The normalized spacial score (nSPS) is 10.8. The van der Waals surface area contributed by atoms with Crippen LogP contribution in [0.1, 0.15) is 35.3 Å². The minimum absolute atomic E-state index is 0.252. The molecule has 0 fully saturated rings. The number of amides is 1. The Morgan fingerprint density at radius 1 is 1.00 bits per heavy atom. The Balaban J connectivity index is 1.59. The number of anilines is 2. The van der Waals surface area contributed by atoms with Gasteiger partial charge in [-0.1, -0.05) is 61.6 Å². The van der Waals surface area contributed by atoms with Crippen LogP contribution in [0.5, 0.6) is 10.8 Å². The molecule has 0 aliphatic heterocycles. The number of hydrogen-bond donors (Lipinski definition) is 2. The third-order valence-electron chi connectivity index (χ3n) is 4.56. The highest BCUT2D eigenvalue weighted by atomic mass is 32.1. The van der Waals surface area contributed by atoms with E-state index in [2.05, 4.69) is 34.4 Å². The average molecular weight is 446 g/mol. The van der Waals surface area contributed by atoms with Crippen molar-refractivity contribution < 1.29 is 9.53 Å². The number of carbonyl (C=O) groups is 1. The molecule has 3 heterocycles. The maximum absolute atomic E-state index is 11.8. The van der Waals surface area contributed by atoms with Gasteiger partial charge >= 0.3 is 0 Å². The minimum Gasteiger partial charge on any atom is -0.444 e. The fraction of sp³-hybridized carbons (Fsp3) is 0.167. The lowest BCUT2D eigenvalue weighted by Gasteiger charge is -2.09. The Bertz CT molecular complexity index is 1220. The number of hydrogen-bond acceptors (Lipinski definition) is 7. The lowest BCUT2D eigenvalue weighted by Crippen LogP contribution is -2.19. The standard InChI is InChI=1S/C24H23N5O2S/c1-15(2)23-29-21(16-8-5-4-6-9-16)24(32-23)31-17-12-13-26-20(14-17)28-19-11-7-10-18(27-19)22(30)25-3/h4-15H,1-3H3,(H,25,30)(H,26,27,28). The largest absolute Gasteiger partial charge is 0.444 e. The van der Waals surface area contributed by atoms with E-state index in [-0.39, 0.29) is 5.91 Å². The molecule has 7 nitrogen and oxygen atoms in total. The van der Waals surface area contributed by atoms with Gasteiger partial charge in [-0.25, -0.2) is 15.0 Å². The number of rotatable bonds is 7. The van der Waals surface area contributed by atoms with Gasteiger partial charge in [0.05, 0.1) is 5.01 Å². The molecule has 2 N–H and O–H groups in total. The smallest absolute Gasteiger partial charge is 0.269 e. The van der Waals surface area contributed by atoms with Gasteiger partial charge in [-0.05, 0) is 18.2 Å². The monoisotopic (exact) mass is 445 g/mol. The first-order valence-corrected chi connectivity index (χ1v) is 11.0. The number of thiazole rings is 1. The molecule has 162 valence electrons. The van der Waals surface area contributed by atoms with Crippen molar-refractivity contribution in [3.05, 3.63) is 77.6 Å². The number of aromatic nitrogens is 3. The summed E-state index contributed by atoms with van der Waals surface area (Å²) in [4.78, 5) is 25.3. The molecule has 0 bridgehead atoms. The second-order valence-corrected chi connectivity index (χ2v) is 8.29. The van der Waals surface area contributed by atoms with Crippen LogP contribution in [0, 0.1) is 0 Å². The highest BCUT2D eigenvalue weighted by molar-refractivity contribution is 7.14. The zero-order chi connectivity index (χ0) is 22.5. The second-order valence-electron chi connectivity index (χ2n) is 7.30. The van der Waals surface area contributed by atoms with Crippen LogP contribution in [0.15, 0.2) is 66.9 Å². The van der Waals surface area contributed by atoms with Gasteiger partial charge in [0.2, 0.25) is 5.06 Å². The Kier molecular flexibility index (Phi) is 6.42. The summed E-state index contributed by atoms with van der Waals surface area (Å²) in [6.07, 6.45) is 1.66. The van der Waals surface area contributed by atoms with Gasteiger partial charge in [0.1, 0.15) is 28.8 Å². The summed E-state index contributed by atoms with van der Waals surface area (Å²) in [7, 11) is 1.57. The number of benzene rings is 1. The lowest BCUT2D eigenvalue weighted by molar-refractivity contribution is 0.0958. The fourth-order valence-electron chi connectivity index (χ4n) is 2.96. The first kappa shape index (κ1) is 21.5. The molecular weight excluding hydrogens is 422 g/mol. The summed E-state index contributed by atoms with van der Waals surface area (Å²) in [6, 6.07) is 18.8. The van der Waals surface area contributed by atoms with E-state index in [4.69, 9.17) is 9.72 Å². The van der Waals surface area contributed by atoms with E-state index in [1.54, 1.807) is 54.9 Å². The summed E-state index contributed by atoms with van der Waals surface area (Å²) >= 11 is 1.54. The van der Waals surface area contributed by atoms with Crippen molar-refractivity contribution in [2.45, 2.75) is 19.8 Å². The maximum Gasteiger partial charge on any atom is 0.269 e. The van der Waals surface area contributed by atoms with Crippen LogP contribution >= 0.6 is 11.3 Å². The van der Waals surface area contributed by atoms with Crippen LogP contribution in [0.2, 0.25) is 0 Å². The van der Waals surface area contributed by atoms with E-state index >= 15 is 0 Å². The number of nitrogens with one attached hydrogen (secondary N) is 2. The molecule has 0 spiro atoms. The summed E-state index contributed by atoms with van der Waals surface area (Å²) < 4.78 is 6.24. The molecule has 0 radical (unpaired) electrons. The van der Waals surface area contributed by atoms with Gasteiger partial charge in [-0.2, -0.15) is 0 Å². The molecule has 4 rings (SSSR count). The first-order chi connectivity index (χ1) is 15.5. The van der Waals surface area contributed by atoms with Crippen molar-refractivity contribution in [1.29, 1.82) is 0 Å². The van der Waals surface area contributed by atoms with Gasteiger partial charge in [0.15, 0.2) is 0 Å². The van der Waals surface area contributed by atoms with Crippen LogP contribution in [0.3, 0.4) is 0 Å². The third kappa shape index (κ3) is 4.92. The van der Waals surface area contributed by atoms with E-state index < -0.39 is 0 Å². The van der Waals surface area contributed by atoms with Crippen LogP contribution < -0.4 is 15.4 Å². The predicted molar refractivity (Wildman–Crippen MR) is 127 cm³/mol. The number of pyridine rings is 2. The summed E-state index contributed by atoms with van der Waals surface area (Å²) in [6.45, 7) is 4.23. The van der Waals surface area contributed by atoms with E-state index in [0.29, 0.717) is 29.0 Å². The van der Waals surface area contributed by atoms with Crippen LogP contribution in [-0.2, 0) is 0 Å². The van der Waals surface area contributed by atoms with Gasteiger partial charge in [-0.3, -0.25) is 4.79 Å². The van der Waals surface area contributed by atoms with Crippen molar-refractivity contribution in [1.82, 2.24) is 20.3 Å². The lowest BCUT2D eigenvalue weighted by atomic mass is 10.1. The number of ether oxygens (including phenoxy) is 1. The molecule has 1 amide bonds. The Labute approximate surface area is 190 Å². The highest BCUT2D eigenvalue weighted by Gasteiger charge is 2.17. The predicted octanol–water partition coefficient (Wildman–Crippen LogP) is 5.62. The van der Waals surface area contributed by atoms with Crippen LogP contribution in [-0.4, -0.2) is 27.9 Å². The van der Waals surface area contributed by atoms with Crippen LogP contribution in [0.25, 0.3) is 11.3 Å². The number of nitrogens with zero attached hydrogens (tertiary/aromatic N) is 3. The van der Waals surface area contributed by atoms with Gasteiger partial charge in [0, 0.05) is 30.8 Å². The van der Waals surface area contributed by atoms with Gasteiger partial charge in [0.25, 0.3) is 5.91 Å². The topological polar surface area (TPSA) is 89.0 Å². The molecule has 0 saturated heterocycles. The van der Waals surface area contributed by atoms with Gasteiger partial charge in [-0.15, -0.1) is 0 Å². The second kappa shape index (κ2) is 9.57. The quantitative estimate of drug-likeness (QED) is 0.384. The molecule has 0 atom stereocenters. The molecule has 32 heavy (non-hydrogen) atoms. The summed E-state index contributed by atoms with van der Waals surface area (Å²) in [5.41, 5.74) is 2.15. The van der Waals surface area contributed by atoms with Crippen molar-refractivity contribution in [2.24, 2.45) is 0 Å². The Morgan fingerprint density at radius 2 is 1.81 bits per heavy atom. The SMILES string of the molecule is CNC(=O)c1cccc(Nc2cc(Oc3sc(C(C)C)nc3-c3ccccc3)ccn2)n1. The zero-order valence-corrected chi connectivity index (χ0v) is 18.8. The molecule has 4 aromatic rings. The summed E-state index contributed by atoms with van der Waals surface area (Å²) in [5.74, 6) is 1.74. The van der Waals surface area contributed by atoms with Crippen LogP contribution in [0.4, 0.5) is 11.6 Å². The van der Waals surface area contributed by atoms with Crippen molar-refractivity contribution >= 4 is 28.9 Å². The molecule has 3 aromatic heterocycles. The van der Waals surface area contributed by atoms with E-state index in [0.717, 1.165) is 21.3 Å². The van der Waals surface area contributed by atoms with E-state index in [9.17, 15) is 4.79 Å². The molecule has 8 heteroatoms. The summed E-state index contributed by atoms with van der Waals surface area (Å²) in [5, 5.41) is 7.44. The van der Waals surface area contributed by atoms with Crippen molar-refractivity contribution in [3.63, 3.8) is 0 Å². The average Bonchev–Trinajstić information content (AvgIpc) is 3.23. The molecule has 1 aromatic carbocycles. The molecular formula is C24H23N5O2S. The molecule has 0 aliphatic carbocycles. The van der Waals surface area contributed by atoms with E-state index in [1.807, 2.05) is 30.3 Å². The first-order valence-electron chi connectivity index (χ1n) is 10.2.